The van der Waals surface area contributed by atoms with E-state index in [-0.39, 0.29) is 17.9 Å². The maximum Gasteiger partial charge on any atom is 0.261 e. The van der Waals surface area contributed by atoms with E-state index in [4.69, 9.17) is 9.47 Å². The molecule has 126 valence electrons. The van der Waals surface area contributed by atoms with Gasteiger partial charge in [-0.3, -0.25) is 9.59 Å². The molecule has 2 N–H and O–H groups in total. The van der Waals surface area contributed by atoms with Crippen molar-refractivity contribution in [1.29, 1.82) is 0 Å². The van der Waals surface area contributed by atoms with Crippen molar-refractivity contribution in [2.24, 2.45) is 0 Å². The maximum absolute atomic E-state index is 12.1. The van der Waals surface area contributed by atoms with Crippen molar-refractivity contribution < 1.29 is 19.1 Å². The van der Waals surface area contributed by atoms with Crippen LogP contribution in [0.25, 0.3) is 0 Å². The first-order valence-corrected chi connectivity index (χ1v) is 8.52. The van der Waals surface area contributed by atoms with Crippen LogP contribution in [0.4, 0.5) is 0 Å². The number of ether oxygens (including phenoxy) is 2. The number of carbonyl (C=O) groups is 2. The normalized spacial score (nSPS) is 17.0. The minimum atomic E-state index is -0.628. The SMILES string of the molecule is C[C@H](NC(=O)c1cccs1)C(=O)NC[C@@H]1COc2ccccc2O1. The number of para-hydroxylation sites is 2. The van der Waals surface area contributed by atoms with E-state index in [1.165, 1.54) is 11.3 Å². The molecule has 2 aromatic rings. The molecule has 0 spiro atoms. The first-order valence-electron chi connectivity index (χ1n) is 7.64. The number of hydrogen-bond donors (Lipinski definition) is 2. The van der Waals surface area contributed by atoms with Crippen LogP contribution in [0.2, 0.25) is 0 Å². The molecule has 1 aromatic heterocycles. The van der Waals surface area contributed by atoms with Gasteiger partial charge < -0.3 is 20.1 Å². The molecule has 0 saturated heterocycles. The molecule has 2 atom stereocenters. The Morgan fingerprint density at radius 3 is 2.79 bits per heavy atom. The zero-order valence-electron chi connectivity index (χ0n) is 13.2. The van der Waals surface area contributed by atoms with E-state index in [0.29, 0.717) is 29.5 Å². The summed E-state index contributed by atoms with van der Waals surface area (Å²) in [7, 11) is 0. The Labute approximate surface area is 143 Å². The molecule has 1 aliphatic heterocycles. The van der Waals surface area contributed by atoms with Crippen molar-refractivity contribution in [3.8, 4) is 11.5 Å². The Kier molecular flexibility index (Phi) is 5.00. The van der Waals surface area contributed by atoms with Gasteiger partial charge in [-0.05, 0) is 30.5 Å². The molecule has 1 aromatic carbocycles. The third-order valence-electron chi connectivity index (χ3n) is 3.56. The topological polar surface area (TPSA) is 76.7 Å². The van der Waals surface area contributed by atoms with Crippen molar-refractivity contribution >= 4 is 23.2 Å². The van der Waals surface area contributed by atoms with Gasteiger partial charge in [-0.25, -0.2) is 0 Å². The minimum absolute atomic E-state index is 0.251. The van der Waals surface area contributed by atoms with E-state index in [1.807, 2.05) is 29.6 Å². The van der Waals surface area contributed by atoms with Gasteiger partial charge >= 0.3 is 0 Å². The van der Waals surface area contributed by atoms with Crippen LogP contribution in [0.3, 0.4) is 0 Å². The van der Waals surface area contributed by atoms with Crippen LogP contribution in [0.5, 0.6) is 11.5 Å². The Hall–Kier alpha value is -2.54. The van der Waals surface area contributed by atoms with Crippen LogP contribution in [0.15, 0.2) is 41.8 Å². The smallest absolute Gasteiger partial charge is 0.261 e. The van der Waals surface area contributed by atoms with Gasteiger partial charge in [0.1, 0.15) is 18.8 Å². The lowest BCUT2D eigenvalue weighted by Gasteiger charge is -2.27. The van der Waals surface area contributed by atoms with Crippen LogP contribution >= 0.6 is 11.3 Å². The van der Waals surface area contributed by atoms with E-state index in [9.17, 15) is 9.59 Å². The molecule has 7 heteroatoms. The van der Waals surface area contributed by atoms with Gasteiger partial charge in [0, 0.05) is 0 Å². The molecule has 2 heterocycles. The number of thiophene rings is 1. The summed E-state index contributed by atoms with van der Waals surface area (Å²) >= 11 is 1.33. The number of fused-ring (bicyclic) bond motifs is 1. The highest BCUT2D eigenvalue weighted by Crippen LogP contribution is 2.30. The molecule has 0 bridgehead atoms. The van der Waals surface area contributed by atoms with Gasteiger partial charge in [-0.1, -0.05) is 18.2 Å². The second-order valence-corrected chi connectivity index (χ2v) is 6.36. The number of carbonyl (C=O) groups excluding carboxylic acids is 2. The molecule has 0 fully saturated rings. The number of hydrogen-bond acceptors (Lipinski definition) is 5. The van der Waals surface area contributed by atoms with Gasteiger partial charge in [0.2, 0.25) is 5.91 Å². The molecule has 6 nitrogen and oxygen atoms in total. The third kappa shape index (κ3) is 3.86. The van der Waals surface area contributed by atoms with Crippen molar-refractivity contribution in [3.63, 3.8) is 0 Å². The molecule has 2 amide bonds. The Balaban J connectivity index is 1.46. The third-order valence-corrected chi connectivity index (χ3v) is 4.43. The standard InChI is InChI=1S/C17H18N2O4S/c1-11(19-17(21)15-7-4-8-24-15)16(20)18-9-12-10-22-13-5-2-3-6-14(13)23-12/h2-8,11-12H,9-10H2,1H3,(H,18,20)(H,19,21)/t11-,12+/m0/s1. The number of rotatable bonds is 5. The number of nitrogens with one attached hydrogen (secondary N) is 2. The van der Waals surface area contributed by atoms with Gasteiger partial charge in [0.25, 0.3) is 5.91 Å². The minimum Gasteiger partial charge on any atom is -0.486 e. The Bertz CT molecular complexity index is 717. The predicted molar refractivity (Wildman–Crippen MR) is 90.6 cm³/mol. The summed E-state index contributed by atoms with van der Waals surface area (Å²) < 4.78 is 11.4. The summed E-state index contributed by atoms with van der Waals surface area (Å²) in [6.07, 6.45) is -0.260. The summed E-state index contributed by atoms with van der Waals surface area (Å²) in [6, 6.07) is 10.3. The first-order chi connectivity index (χ1) is 11.6. The van der Waals surface area contributed by atoms with E-state index in [1.54, 1.807) is 19.1 Å². The average molecular weight is 346 g/mol. The molecule has 0 unspecified atom stereocenters. The lowest BCUT2D eigenvalue weighted by molar-refractivity contribution is -0.123. The van der Waals surface area contributed by atoms with Crippen LogP contribution in [0.1, 0.15) is 16.6 Å². The Morgan fingerprint density at radius 1 is 1.25 bits per heavy atom. The average Bonchev–Trinajstić information content (AvgIpc) is 3.14. The monoisotopic (exact) mass is 346 g/mol. The fraction of sp³-hybridized carbons (Fsp3) is 0.294. The molecule has 0 aliphatic carbocycles. The summed E-state index contributed by atoms with van der Waals surface area (Å²) in [4.78, 5) is 24.6. The van der Waals surface area contributed by atoms with Crippen molar-refractivity contribution in [3.05, 3.63) is 46.7 Å². The van der Waals surface area contributed by atoms with Crippen LogP contribution in [-0.4, -0.2) is 37.1 Å². The second-order valence-electron chi connectivity index (χ2n) is 5.42. The van der Waals surface area contributed by atoms with E-state index in [2.05, 4.69) is 10.6 Å². The summed E-state index contributed by atoms with van der Waals surface area (Å²) in [6.45, 7) is 2.33. The molecule has 0 radical (unpaired) electrons. The van der Waals surface area contributed by atoms with Crippen molar-refractivity contribution in [2.45, 2.75) is 19.1 Å². The van der Waals surface area contributed by atoms with Crippen molar-refractivity contribution in [2.75, 3.05) is 13.2 Å². The highest BCUT2D eigenvalue weighted by molar-refractivity contribution is 7.12. The zero-order chi connectivity index (χ0) is 16.9. The maximum atomic E-state index is 12.1. The lowest BCUT2D eigenvalue weighted by atomic mass is 10.2. The van der Waals surface area contributed by atoms with Gasteiger partial charge in [0.15, 0.2) is 11.5 Å². The second kappa shape index (κ2) is 7.35. The van der Waals surface area contributed by atoms with Gasteiger partial charge in [0.05, 0.1) is 11.4 Å². The number of amides is 2. The summed E-state index contributed by atoms with van der Waals surface area (Å²) in [5, 5.41) is 7.27. The van der Waals surface area contributed by atoms with Gasteiger partial charge in [-0.2, -0.15) is 0 Å². The van der Waals surface area contributed by atoms with E-state index >= 15 is 0 Å². The predicted octanol–water partition coefficient (Wildman–Crippen LogP) is 1.82. The largest absolute Gasteiger partial charge is 0.486 e. The quantitative estimate of drug-likeness (QED) is 0.866. The lowest BCUT2D eigenvalue weighted by Crippen LogP contribution is -2.48. The fourth-order valence-corrected chi connectivity index (χ4v) is 2.90. The van der Waals surface area contributed by atoms with E-state index < -0.39 is 6.04 Å². The Morgan fingerprint density at radius 2 is 2.04 bits per heavy atom. The molecule has 0 saturated carbocycles. The van der Waals surface area contributed by atoms with Crippen LogP contribution in [0, 0.1) is 0 Å². The zero-order valence-corrected chi connectivity index (χ0v) is 14.0. The van der Waals surface area contributed by atoms with Gasteiger partial charge in [-0.15, -0.1) is 11.3 Å². The summed E-state index contributed by atoms with van der Waals surface area (Å²) in [5.41, 5.74) is 0. The van der Waals surface area contributed by atoms with Crippen LogP contribution < -0.4 is 20.1 Å². The van der Waals surface area contributed by atoms with Crippen molar-refractivity contribution in [1.82, 2.24) is 10.6 Å². The number of benzene rings is 1. The fourth-order valence-electron chi connectivity index (χ4n) is 2.27. The summed E-state index contributed by atoms with van der Waals surface area (Å²) in [5.74, 6) is 0.861. The molecule has 24 heavy (non-hydrogen) atoms. The van der Waals surface area contributed by atoms with Crippen LogP contribution in [-0.2, 0) is 4.79 Å². The molecular weight excluding hydrogens is 328 g/mol. The molecule has 1 aliphatic rings. The highest BCUT2D eigenvalue weighted by atomic mass is 32.1. The van der Waals surface area contributed by atoms with E-state index in [0.717, 1.165) is 0 Å². The first kappa shape index (κ1) is 16.3. The highest BCUT2D eigenvalue weighted by Gasteiger charge is 2.23. The molecular formula is C17H18N2O4S. The molecule has 3 rings (SSSR count).